The maximum Gasteiger partial charge on any atom is 0.271 e. The van der Waals surface area contributed by atoms with Crippen LogP contribution in [0.3, 0.4) is 0 Å². The molecule has 0 unspecified atom stereocenters. The zero-order valence-electron chi connectivity index (χ0n) is 18.0. The fourth-order valence-corrected chi connectivity index (χ4v) is 6.38. The summed E-state index contributed by atoms with van der Waals surface area (Å²) in [5.41, 5.74) is -1.13. The zero-order chi connectivity index (χ0) is 23.9. The van der Waals surface area contributed by atoms with Crippen molar-refractivity contribution in [1.82, 2.24) is 4.90 Å². The molecule has 6 rings (SSSR count). The molecule has 0 saturated carbocycles. The van der Waals surface area contributed by atoms with Crippen LogP contribution in [0.2, 0.25) is 0 Å². The van der Waals surface area contributed by atoms with Crippen LogP contribution in [-0.2, 0) is 19.9 Å². The largest absolute Gasteiger partial charge is 0.495 e. The number of carbonyl (C=O) groups excluding carboxylic acids is 3. The lowest BCUT2D eigenvalue weighted by Gasteiger charge is -2.36. The Labute approximate surface area is 192 Å². The van der Waals surface area contributed by atoms with E-state index in [4.69, 9.17) is 4.74 Å². The van der Waals surface area contributed by atoms with E-state index in [1.807, 2.05) is 4.90 Å². The van der Waals surface area contributed by atoms with Gasteiger partial charge in [0.15, 0.2) is 0 Å². The number of carbonyl (C=O) groups is 3. The van der Waals surface area contributed by atoms with E-state index in [0.717, 1.165) is 17.4 Å². The van der Waals surface area contributed by atoms with Gasteiger partial charge >= 0.3 is 0 Å². The second kappa shape index (κ2) is 6.83. The van der Waals surface area contributed by atoms with Crippen LogP contribution in [0.15, 0.2) is 36.4 Å². The van der Waals surface area contributed by atoms with Crippen LogP contribution in [0.1, 0.15) is 18.4 Å². The van der Waals surface area contributed by atoms with Gasteiger partial charge in [0.2, 0.25) is 17.7 Å². The Balaban J connectivity index is 1.56. The first kappa shape index (κ1) is 20.7. The molecular formula is C23H19FN4O6. The number of fused-ring (bicyclic) bond motifs is 7. The number of nitrogens with zero attached hydrogens (tertiary/aromatic N) is 3. The van der Waals surface area contributed by atoms with Gasteiger partial charge in [0, 0.05) is 29.4 Å². The molecule has 3 fully saturated rings. The molecule has 0 aliphatic carbocycles. The topological polar surface area (TPSA) is 122 Å². The summed E-state index contributed by atoms with van der Waals surface area (Å²) in [6.45, 7) is 0.488. The van der Waals surface area contributed by atoms with E-state index in [1.165, 1.54) is 37.4 Å². The van der Waals surface area contributed by atoms with E-state index in [-0.39, 0.29) is 17.1 Å². The van der Waals surface area contributed by atoms with Gasteiger partial charge in [-0.2, -0.15) is 0 Å². The van der Waals surface area contributed by atoms with Gasteiger partial charge < -0.3 is 10.1 Å². The number of anilines is 2. The number of ether oxygens (including phenoxy) is 1. The van der Waals surface area contributed by atoms with Crippen molar-refractivity contribution in [3.63, 3.8) is 0 Å². The predicted molar refractivity (Wildman–Crippen MR) is 116 cm³/mol. The molecule has 1 N–H and O–H groups in total. The van der Waals surface area contributed by atoms with Crippen LogP contribution in [0.5, 0.6) is 5.75 Å². The van der Waals surface area contributed by atoms with Gasteiger partial charge in [0.25, 0.3) is 5.69 Å². The molecule has 10 nitrogen and oxygen atoms in total. The van der Waals surface area contributed by atoms with Gasteiger partial charge in [-0.25, -0.2) is 9.29 Å². The van der Waals surface area contributed by atoms with Crippen molar-refractivity contribution >= 4 is 34.8 Å². The van der Waals surface area contributed by atoms with Gasteiger partial charge in [-0.15, -0.1) is 0 Å². The first-order valence-corrected chi connectivity index (χ1v) is 10.9. The normalized spacial score (nSPS) is 29.4. The number of benzene rings is 2. The van der Waals surface area contributed by atoms with Crippen molar-refractivity contribution in [3.8, 4) is 5.75 Å². The molecule has 4 atom stereocenters. The Bertz CT molecular complexity index is 1310. The summed E-state index contributed by atoms with van der Waals surface area (Å²) in [6.07, 6.45) is 1.31. The lowest BCUT2D eigenvalue weighted by atomic mass is 9.75. The van der Waals surface area contributed by atoms with E-state index >= 15 is 0 Å². The zero-order valence-corrected chi connectivity index (χ0v) is 18.0. The predicted octanol–water partition coefficient (Wildman–Crippen LogP) is 2.17. The summed E-state index contributed by atoms with van der Waals surface area (Å²) in [4.78, 5) is 54.8. The molecule has 1 spiro atoms. The van der Waals surface area contributed by atoms with Gasteiger partial charge in [0.05, 0.1) is 23.9 Å². The highest BCUT2D eigenvalue weighted by atomic mass is 19.1. The lowest BCUT2D eigenvalue weighted by molar-refractivity contribution is -0.384. The van der Waals surface area contributed by atoms with E-state index in [9.17, 15) is 28.9 Å². The third kappa shape index (κ3) is 2.34. The smallest absolute Gasteiger partial charge is 0.271 e. The van der Waals surface area contributed by atoms with E-state index in [0.29, 0.717) is 24.2 Å². The van der Waals surface area contributed by atoms with Gasteiger partial charge in [-0.05, 0) is 43.7 Å². The van der Waals surface area contributed by atoms with Crippen LogP contribution in [0, 0.1) is 27.8 Å². The fraction of sp³-hybridized carbons (Fsp3) is 0.348. The molecule has 3 saturated heterocycles. The molecule has 0 radical (unpaired) electrons. The third-order valence-corrected chi connectivity index (χ3v) is 7.57. The van der Waals surface area contributed by atoms with Gasteiger partial charge in [0.1, 0.15) is 22.8 Å². The Hall–Kier alpha value is -3.86. The SMILES string of the molecule is COc1ccc([N+](=O)[O-])cc1N1C(=O)[C@@H]2[C@@H]3CCCN3[C@]3(C(=O)Nc4ccc(F)cc43)[C@H]2C1=O. The summed E-state index contributed by atoms with van der Waals surface area (Å²) < 4.78 is 19.6. The Kier molecular flexibility index (Phi) is 4.16. The minimum atomic E-state index is -1.53. The minimum absolute atomic E-state index is 0.0429. The summed E-state index contributed by atoms with van der Waals surface area (Å²) in [6, 6.07) is 7.21. The molecule has 3 amide bonds. The molecule has 4 aliphatic heterocycles. The fourth-order valence-electron chi connectivity index (χ4n) is 6.38. The summed E-state index contributed by atoms with van der Waals surface area (Å²) in [5, 5.41) is 14.1. The number of nitro groups is 1. The molecule has 4 aliphatic rings. The van der Waals surface area contributed by atoms with Crippen molar-refractivity contribution in [2.45, 2.75) is 24.4 Å². The second-order valence-corrected chi connectivity index (χ2v) is 8.94. The number of halogens is 1. The van der Waals surface area contributed by atoms with E-state index < -0.39 is 51.9 Å². The maximum atomic E-state index is 14.3. The maximum absolute atomic E-state index is 14.3. The number of non-ortho nitro benzene ring substituents is 1. The Morgan fingerprint density at radius 3 is 2.71 bits per heavy atom. The molecule has 34 heavy (non-hydrogen) atoms. The van der Waals surface area contributed by atoms with Gasteiger partial charge in [-0.3, -0.25) is 29.4 Å². The van der Waals surface area contributed by atoms with Crippen molar-refractivity contribution in [3.05, 3.63) is 57.9 Å². The number of nitro benzene ring substituents is 1. The first-order chi connectivity index (χ1) is 16.3. The van der Waals surface area contributed by atoms with Gasteiger partial charge in [-0.1, -0.05) is 0 Å². The second-order valence-electron chi connectivity index (χ2n) is 8.94. The standard InChI is InChI=1S/C23H19FN4O6/c1-34-17-7-5-12(28(32)33)10-16(17)27-20(29)18-15-3-2-8-26(15)23(19(18)21(27)30)13-9-11(24)4-6-14(13)25-22(23)31/h4-7,9-10,15,18-19H,2-3,8H2,1H3,(H,25,31)/t15-,18+,19+,23-/m0/s1. The van der Waals surface area contributed by atoms with Crippen molar-refractivity contribution in [2.75, 3.05) is 23.9 Å². The summed E-state index contributed by atoms with van der Waals surface area (Å²) >= 11 is 0. The van der Waals surface area contributed by atoms with Crippen LogP contribution in [0.25, 0.3) is 0 Å². The molecule has 0 aromatic heterocycles. The number of hydrogen-bond acceptors (Lipinski definition) is 7. The molecule has 0 bridgehead atoms. The third-order valence-electron chi connectivity index (χ3n) is 7.57. The molecule has 4 heterocycles. The first-order valence-electron chi connectivity index (χ1n) is 10.9. The number of amides is 3. The van der Waals surface area contributed by atoms with Crippen molar-refractivity contribution < 1.29 is 28.4 Å². The number of nitrogens with one attached hydrogen (secondary N) is 1. The number of hydrogen-bond donors (Lipinski definition) is 1. The average molecular weight is 466 g/mol. The molecule has 2 aromatic carbocycles. The van der Waals surface area contributed by atoms with E-state index in [2.05, 4.69) is 5.32 Å². The highest BCUT2D eigenvalue weighted by Crippen LogP contribution is 2.61. The van der Waals surface area contributed by atoms with Crippen LogP contribution < -0.4 is 15.0 Å². The van der Waals surface area contributed by atoms with Crippen molar-refractivity contribution in [1.29, 1.82) is 0 Å². The number of rotatable bonds is 3. The molecule has 2 aromatic rings. The molecule has 11 heteroatoms. The summed E-state index contributed by atoms with van der Waals surface area (Å²) in [7, 11) is 1.33. The number of methoxy groups -OCH3 is 1. The number of imide groups is 1. The Morgan fingerprint density at radius 1 is 1.18 bits per heavy atom. The van der Waals surface area contributed by atoms with E-state index in [1.54, 1.807) is 0 Å². The monoisotopic (exact) mass is 466 g/mol. The van der Waals surface area contributed by atoms with Crippen LogP contribution >= 0.6 is 0 Å². The Morgan fingerprint density at radius 2 is 1.97 bits per heavy atom. The molecule has 174 valence electrons. The average Bonchev–Trinajstić information content (AvgIpc) is 3.52. The van der Waals surface area contributed by atoms with Crippen LogP contribution in [0.4, 0.5) is 21.5 Å². The lowest BCUT2D eigenvalue weighted by Crippen LogP contribution is -2.54. The minimum Gasteiger partial charge on any atom is -0.495 e. The highest BCUT2D eigenvalue weighted by molar-refractivity contribution is 6.26. The summed E-state index contributed by atoms with van der Waals surface area (Å²) in [5.74, 6) is -4.05. The highest BCUT2D eigenvalue weighted by Gasteiger charge is 2.74. The molecular weight excluding hydrogens is 447 g/mol. The van der Waals surface area contributed by atoms with Crippen LogP contribution in [-0.4, -0.2) is 47.2 Å². The van der Waals surface area contributed by atoms with Crippen molar-refractivity contribution in [2.24, 2.45) is 11.8 Å². The quantitative estimate of drug-likeness (QED) is 0.418.